The highest BCUT2D eigenvalue weighted by molar-refractivity contribution is 6.31. The number of nitrogens with one attached hydrogen (secondary N) is 2. The second-order valence-electron chi connectivity index (χ2n) is 8.50. The lowest BCUT2D eigenvalue weighted by Gasteiger charge is -2.25. The SMILES string of the molecule is CCN(NC(=O)OC(C)(C)C)C(=O)NCc1ccc(-c2cc(Cl)cc(F)c2-c2noc(C)n2)cn1. The number of halogens is 2. The predicted molar refractivity (Wildman–Crippen MR) is 127 cm³/mol. The van der Waals surface area contributed by atoms with Crippen molar-refractivity contribution in [1.82, 2.24) is 30.9 Å². The van der Waals surface area contributed by atoms with Crippen LogP contribution in [0.2, 0.25) is 5.02 Å². The summed E-state index contributed by atoms with van der Waals surface area (Å²) < 4.78 is 24.9. The van der Waals surface area contributed by atoms with Crippen molar-refractivity contribution in [3.8, 4) is 22.5 Å². The number of ether oxygens (including phenoxy) is 1. The molecule has 0 saturated heterocycles. The van der Waals surface area contributed by atoms with Gasteiger partial charge in [0.25, 0.3) is 0 Å². The molecule has 0 atom stereocenters. The number of carbonyl (C=O) groups excluding carboxylic acids is 2. The number of hydrogen-bond acceptors (Lipinski definition) is 7. The third-order valence-electron chi connectivity index (χ3n) is 4.55. The van der Waals surface area contributed by atoms with E-state index in [-0.39, 0.29) is 29.5 Å². The Bertz CT molecular complexity index is 1210. The second kappa shape index (κ2) is 10.7. The van der Waals surface area contributed by atoms with Crippen molar-refractivity contribution < 1.29 is 23.2 Å². The monoisotopic (exact) mass is 504 g/mol. The maximum absolute atomic E-state index is 14.8. The molecule has 35 heavy (non-hydrogen) atoms. The summed E-state index contributed by atoms with van der Waals surface area (Å²) >= 11 is 6.08. The van der Waals surface area contributed by atoms with Gasteiger partial charge in [-0.05, 0) is 51.5 Å². The standard InChI is InChI=1S/C23H26ClFN6O4/c1-6-31(29-22(33)34-23(3,4)5)21(32)27-12-16-8-7-14(11-26-16)17-9-15(24)10-18(25)19(17)20-28-13(2)35-30-20/h7-11H,6,12H2,1-5H3,(H,27,32)(H,29,33). The topological polar surface area (TPSA) is 122 Å². The molecule has 3 amide bonds. The van der Waals surface area contributed by atoms with Gasteiger partial charge < -0.3 is 14.6 Å². The minimum Gasteiger partial charge on any atom is -0.443 e. The lowest BCUT2D eigenvalue weighted by molar-refractivity contribution is 0.0383. The number of pyridine rings is 1. The highest BCUT2D eigenvalue weighted by Gasteiger charge is 2.21. The van der Waals surface area contributed by atoms with Crippen molar-refractivity contribution in [3.05, 3.63) is 52.9 Å². The molecule has 0 spiro atoms. The van der Waals surface area contributed by atoms with Crippen molar-refractivity contribution in [1.29, 1.82) is 0 Å². The quantitative estimate of drug-likeness (QED) is 0.475. The minimum atomic E-state index is -0.738. The Hall–Kier alpha value is -3.73. The molecule has 186 valence electrons. The van der Waals surface area contributed by atoms with Crippen LogP contribution in [0.4, 0.5) is 14.0 Å². The average molecular weight is 505 g/mol. The number of rotatable bonds is 5. The van der Waals surface area contributed by atoms with Crippen LogP contribution in [-0.2, 0) is 11.3 Å². The first-order valence-corrected chi connectivity index (χ1v) is 11.1. The Morgan fingerprint density at radius 3 is 2.57 bits per heavy atom. The van der Waals surface area contributed by atoms with E-state index in [2.05, 4.69) is 25.9 Å². The molecule has 2 heterocycles. The van der Waals surface area contributed by atoms with Crippen LogP contribution >= 0.6 is 11.6 Å². The molecule has 12 heteroatoms. The van der Waals surface area contributed by atoms with Crippen LogP contribution in [0.1, 0.15) is 39.3 Å². The smallest absolute Gasteiger partial charge is 0.426 e. The molecule has 0 unspecified atom stereocenters. The van der Waals surface area contributed by atoms with E-state index in [0.29, 0.717) is 22.7 Å². The molecule has 0 aliphatic rings. The molecule has 0 radical (unpaired) electrons. The highest BCUT2D eigenvalue weighted by atomic mass is 35.5. The summed E-state index contributed by atoms with van der Waals surface area (Å²) in [6.45, 7) is 8.80. The molecule has 0 bridgehead atoms. The van der Waals surface area contributed by atoms with E-state index in [1.165, 1.54) is 12.3 Å². The van der Waals surface area contributed by atoms with Gasteiger partial charge in [0.05, 0.1) is 17.8 Å². The number of aromatic nitrogens is 3. The molecule has 1 aromatic carbocycles. The predicted octanol–water partition coefficient (Wildman–Crippen LogP) is 4.87. The molecule has 0 aliphatic carbocycles. The lowest BCUT2D eigenvalue weighted by Crippen LogP contribution is -2.51. The number of amides is 3. The Morgan fingerprint density at radius 2 is 2.00 bits per heavy atom. The molecule has 2 N–H and O–H groups in total. The molecule has 2 aromatic heterocycles. The van der Waals surface area contributed by atoms with Crippen molar-refractivity contribution in [2.75, 3.05) is 6.54 Å². The van der Waals surface area contributed by atoms with Crippen molar-refractivity contribution in [3.63, 3.8) is 0 Å². The summed E-state index contributed by atoms with van der Waals surface area (Å²) in [6.07, 6.45) is 0.790. The molecule has 0 saturated carbocycles. The molecule has 0 fully saturated rings. The lowest BCUT2D eigenvalue weighted by atomic mass is 9.99. The molecule has 10 nitrogen and oxygen atoms in total. The van der Waals surface area contributed by atoms with E-state index >= 15 is 0 Å². The number of carbonyl (C=O) groups is 2. The average Bonchev–Trinajstić information content (AvgIpc) is 3.20. The number of nitrogens with zero attached hydrogens (tertiary/aromatic N) is 4. The van der Waals surface area contributed by atoms with Gasteiger partial charge in [-0.1, -0.05) is 22.8 Å². The van der Waals surface area contributed by atoms with Crippen molar-refractivity contribution >= 4 is 23.7 Å². The summed E-state index contributed by atoms with van der Waals surface area (Å²) in [5, 5.41) is 7.79. The Labute approximate surface area is 206 Å². The molecule has 3 rings (SSSR count). The third-order valence-corrected chi connectivity index (χ3v) is 4.77. The second-order valence-corrected chi connectivity index (χ2v) is 8.94. The van der Waals surface area contributed by atoms with Gasteiger partial charge in [-0.25, -0.2) is 24.4 Å². The zero-order valence-corrected chi connectivity index (χ0v) is 20.7. The van der Waals surface area contributed by atoms with E-state index in [1.54, 1.807) is 52.8 Å². The van der Waals surface area contributed by atoms with Crippen LogP contribution in [0, 0.1) is 12.7 Å². The summed E-state index contributed by atoms with van der Waals surface area (Å²) in [5.41, 5.74) is 3.39. The number of hydrazine groups is 1. The van der Waals surface area contributed by atoms with Crippen LogP contribution in [0.5, 0.6) is 0 Å². The van der Waals surface area contributed by atoms with Crippen LogP contribution in [0.15, 0.2) is 35.0 Å². The van der Waals surface area contributed by atoms with Crippen molar-refractivity contribution in [2.24, 2.45) is 0 Å². The van der Waals surface area contributed by atoms with Gasteiger partial charge in [0.1, 0.15) is 11.4 Å². The fourth-order valence-corrected chi connectivity index (χ4v) is 3.27. The Balaban J connectivity index is 1.71. The van der Waals surface area contributed by atoms with Gasteiger partial charge >= 0.3 is 12.1 Å². The van der Waals surface area contributed by atoms with Gasteiger partial charge in [-0.15, -0.1) is 0 Å². The fraction of sp³-hybridized carbons (Fsp3) is 0.348. The number of urea groups is 1. The maximum atomic E-state index is 14.8. The minimum absolute atomic E-state index is 0.0897. The molecule has 0 aliphatic heterocycles. The number of benzene rings is 1. The summed E-state index contributed by atoms with van der Waals surface area (Å²) in [6, 6.07) is 5.62. The summed E-state index contributed by atoms with van der Waals surface area (Å²) in [7, 11) is 0. The number of hydrogen-bond donors (Lipinski definition) is 2. The van der Waals surface area contributed by atoms with Gasteiger partial charge in [-0.3, -0.25) is 4.98 Å². The first-order valence-electron chi connectivity index (χ1n) is 10.8. The zero-order valence-electron chi connectivity index (χ0n) is 20.0. The third kappa shape index (κ3) is 6.89. The first-order chi connectivity index (χ1) is 16.5. The molecular weight excluding hydrogens is 479 g/mol. The summed E-state index contributed by atoms with van der Waals surface area (Å²) in [4.78, 5) is 32.9. The Morgan fingerprint density at radius 1 is 1.26 bits per heavy atom. The van der Waals surface area contributed by atoms with Gasteiger partial charge in [0, 0.05) is 30.3 Å². The van der Waals surface area contributed by atoms with Crippen LogP contribution in [-0.4, -0.2) is 44.4 Å². The largest absolute Gasteiger partial charge is 0.443 e. The fourth-order valence-electron chi connectivity index (χ4n) is 3.06. The van der Waals surface area contributed by atoms with E-state index in [1.807, 2.05) is 0 Å². The van der Waals surface area contributed by atoms with E-state index in [4.69, 9.17) is 20.9 Å². The Kier molecular flexibility index (Phi) is 7.90. The van der Waals surface area contributed by atoms with Crippen LogP contribution in [0.3, 0.4) is 0 Å². The van der Waals surface area contributed by atoms with E-state index in [0.717, 1.165) is 5.01 Å². The van der Waals surface area contributed by atoms with Crippen LogP contribution in [0.25, 0.3) is 22.5 Å². The molecular formula is C23H26ClFN6O4. The number of aryl methyl sites for hydroxylation is 1. The normalized spacial score (nSPS) is 11.2. The molecule has 3 aromatic rings. The summed E-state index contributed by atoms with van der Waals surface area (Å²) in [5.74, 6) is -0.200. The van der Waals surface area contributed by atoms with E-state index in [9.17, 15) is 14.0 Å². The maximum Gasteiger partial charge on any atom is 0.426 e. The zero-order chi connectivity index (χ0) is 25.8. The van der Waals surface area contributed by atoms with Gasteiger partial charge in [0.15, 0.2) is 0 Å². The van der Waals surface area contributed by atoms with Crippen molar-refractivity contribution in [2.45, 2.75) is 46.8 Å². The van der Waals surface area contributed by atoms with Gasteiger partial charge in [-0.2, -0.15) is 4.98 Å². The first kappa shape index (κ1) is 25.9. The van der Waals surface area contributed by atoms with Gasteiger partial charge in [0.2, 0.25) is 11.7 Å². The van der Waals surface area contributed by atoms with E-state index < -0.39 is 23.5 Å². The van der Waals surface area contributed by atoms with Crippen LogP contribution < -0.4 is 10.7 Å². The highest BCUT2D eigenvalue weighted by Crippen LogP contribution is 2.35.